The number of amidine groups is 1. The van der Waals surface area contributed by atoms with Gasteiger partial charge in [-0.05, 0) is 19.8 Å². The molecule has 1 amide bonds. The number of rotatable bonds is 4. The molecule has 1 unspecified atom stereocenters. The fourth-order valence-electron chi connectivity index (χ4n) is 2.65. The third kappa shape index (κ3) is 3.37. The number of hydrogen-bond donors (Lipinski definition) is 2. The van der Waals surface area contributed by atoms with Crippen LogP contribution in [0.4, 0.5) is 0 Å². The van der Waals surface area contributed by atoms with Crippen LogP contribution in [0.5, 0.6) is 0 Å². The van der Waals surface area contributed by atoms with Crippen molar-refractivity contribution in [2.24, 2.45) is 16.3 Å². The minimum absolute atomic E-state index is 0.0489. The summed E-state index contributed by atoms with van der Waals surface area (Å²) in [4.78, 5) is 14.3. The molecule has 1 atom stereocenters. The van der Waals surface area contributed by atoms with Gasteiger partial charge < -0.3 is 15.8 Å². The molecule has 3 N–H and O–H groups in total. The van der Waals surface area contributed by atoms with E-state index < -0.39 is 0 Å². The third-order valence-corrected chi connectivity index (χ3v) is 4.09. The molecule has 0 aromatic heterocycles. The van der Waals surface area contributed by atoms with Crippen molar-refractivity contribution in [2.45, 2.75) is 58.4 Å². The summed E-state index contributed by atoms with van der Waals surface area (Å²) in [5, 5.41) is 11.5. The average Bonchev–Trinajstić information content (AvgIpc) is 2.37. The zero-order chi connectivity index (χ0) is 13.8. The highest BCUT2D eigenvalue weighted by Crippen LogP contribution is 2.37. The Bertz CT molecular complexity index is 322. The summed E-state index contributed by atoms with van der Waals surface area (Å²) in [5.41, 5.74) is 5.26. The van der Waals surface area contributed by atoms with Gasteiger partial charge in [0.2, 0.25) is 5.91 Å². The smallest absolute Gasteiger partial charge is 0.228 e. The van der Waals surface area contributed by atoms with Crippen LogP contribution >= 0.6 is 0 Å². The van der Waals surface area contributed by atoms with E-state index in [1.807, 2.05) is 6.92 Å². The predicted molar refractivity (Wildman–Crippen MR) is 71.4 cm³/mol. The Labute approximate surface area is 109 Å². The molecule has 0 heterocycles. The molecule has 5 heteroatoms. The molecule has 1 fully saturated rings. The van der Waals surface area contributed by atoms with E-state index in [4.69, 9.17) is 10.9 Å². The van der Waals surface area contributed by atoms with E-state index in [9.17, 15) is 4.79 Å². The number of hydrogen-bond acceptors (Lipinski definition) is 3. The summed E-state index contributed by atoms with van der Waals surface area (Å²) < 4.78 is 0. The van der Waals surface area contributed by atoms with Crippen molar-refractivity contribution < 1.29 is 10.0 Å². The first-order valence-corrected chi connectivity index (χ1v) is 6.64. The van der Waals surface area contributed by atoms with Crippen LogP contribution in [0.2, 0.25) is 0 Å². The Morgan fingerprint density at radius 3 is 2.50 bits per heavy atom. The zero-order valence-corrected chi connectivity index (χ0v) is 11.6. The highest BCUT2D eigenvalue weighted by molar-refractivity contribution is 5.84. The zero-order valence-electron chi connectivity index (χ0n) is 11.6. The van der Waals surface area contributed by atoms with Crippen LogP contribution in [0.1, 0.15) is 52.4 Å². The van der Waals surface area contributed by atoms with Crippen molar-refractivity contribution in [3.05, 3.63) is 0 Å². The monoisotopic (exact) mass is 255 g/mol. The van der Waals surface area contributed by atoms with Crippen molar-refractivity contribution in [2.75, 3.05) is 7.05 Å². The second-order valence-electron chi connectivity index (χ2n) is 5.68. The molecule has 1 saturated carbocycles. The van der Waals surface area contributed by atoms with Crippen LogP contribution < -0.4 is 5.73 Å². The molecule has 0 radical (unpaired) electrons. The molecule has 1 aliphatic rings. The number of carbonyl (C=O) groups excluding carboxylic acids is 1. The number of carbonyl (C=O) groups is 1. The molecule has 18 heavy (non-hydrogen) atoms. The highest BCUT2D eigenvalue weighted by Gasteiger charge is 2.37. The van der Waals surface area contributed by atoms with E-state index in [0.29, 0.717) is 6.42 Å². The number of nitrogens with two attached hydrogens (primary N) is 1. The molecule has 104 valence electrons. The molecule has 0 spiro atoms. The lowest BCUT2D eigenvalue weighted by atomic mass is 9.74. The summed E-state index contributed by atoms with van der Waals surface area (Å²) in [6.45, 7) is 3.98. The molecule has 5 nitrogen and oxygen atoms in total. The molecule has 0 aromatic carbocycles. The van der Waals surface area contributed by atoms with Crippen LogP contribution in [0.25, 0.3) is 0 Å². The largest absolute Gasteiger partial charge is 0.409 e. The van der Waals surface area contributed by atoms with Crippen LogP contribution in [0.15, 0.2) is 5.16 Å². The first-order chi connectivity index (χ1) is 8.40. The molecule has 0 aromatic rings. The fraction of sp³-hybridized carbons (Fsp3) is 0.846. The van der Waals surface area contributed by atoms with E-state index in [2.05, 4.69) is 12.1 Å². The van der Waals surface area contributed by atoms with Gasteiger partial charge in [0.1, 0.15) is 5.84 Å². The average molecular weight is 255 g/mol. The minimum Gasteiger partial charge on any atom is -0.409 e. The van der Waals surface area contributed by atoms with Crippen LogP contribution in [-0.2, 0) is 4.79 Å². The number of amides is 1. The standard InChI is InChI=1S/C13H25N3O2/c1-10(9-11(14)15-18)16(3)12(17)13(2)7-5-4-6-8-13/h10,18H,4-9H2,1-3H3,(H2,14,15). The first kappa shape index (κ1) is 14.8. The Balaban J connectivity index is 2.64. The van der Waals surface area contributed by atoms with Crippen molar-refractivity contribution in [3.63, 3.8) is 0 Å². The molecule has 1 rings (SSSR count). The number of nitrogens with zero attached hydrogens (tertiary/aromatic N) is 2. The van der Waals surface area contributed by atoms with Crippen LogP contribution in [-0.4, -0.2) is 34.9 Å². The predicted octanol–water partition coefficient (Wildman–Crippen LogP) is 1.94. The Morgan fingerprint density at radius 2 is 2.00 bits per heavy atom. The van der Waals surface area contributed by atoms with Gasteiger partial charge in [0.15, 0.2) is 0 Å². The minimum atomic E-state index is -0.230. The summed E-state index contributed by atoms with van der Waals surface area (Å²) in [5.74, 6) is 0.344. The summed E-state index contributed by atoms with van der Waals surface area (Å²) in [6, 6.07) is -0.0489. The highest BCUT2D eigenvalue weighted by atomic mass is 16.4. The van der Waals surface area contributed by atoms with E-state index in [1.54, 1.807) is 11.9 Å². The normalized spacial score (nSPS) is 21.4. The lowest BCUT2D eigenvalue weighted by Gasteiger charge is -2.37. The summed E-state index contributed by atoms with van der Waals surface area (Å²) in [6.07, 6.45) is 5.81. The second kappa shape index (κ2) is 6.07. The Kier molecular flexibility index (Phi) is 4.99. The Hall–Kier alpha value is -1.26. The van der Waals surface area contributed by atoms with Crippen molar-refractivity contribution >= 4 is 11.7 Å². The first-order valence-electron chi connectivity index (χ1n) is 6.64. The van der Waals surface area contributed by atoms with Gasteiger partial charge in [-0.3, -0.25) is 4.79 Å². The van der Waals surface area contributed by atoms with Gasteiger partial charge in [-0.2, -0.15) is 0 Å². The summed E-state index contributed by atoms with van der Waals surface area (Å²) >= 11 is 0. The lowest BCUT2D eigenvalue weighted by Crippen LogP contribution is -2.46. The third-order valence-electron chi connectivity index (χ3n) is 4.09. The van der Waals surface area contributed by atoms with Gasteiger partial charge in [0, 0.05) is 24.9 Å². The molecular weight excluding hydrogens is 230 g/mol. The fourth-order valence-corrected chi connectivity index (χ4v) is 2.65. The van der Waals surface area contributed by atoms with Gasteiger partial charge in [0.05, 0.1) is 0 Å². The molecule has 0 saturated heterocycles. The maximum atomic E-state index is 12.5. The van der Waals surface area contributed by atoms with Gasteiger partial charge >= 0.3 is 0 Å². The van der Waals surface area contributed by atoms with Crippen molar-refractivity contribution in [1.82, 2.24) is 4.90 Å². The van der Waals surface area contributed by atoms with E-state index in [-0.39, 0.29) is 23.2 Å². The quantitative estimate of drug-likeness (QED) is 0.349. The lowest BCUT2D eigenvalue weighted by molar-refractivity contribution is -0.143. The number of oxime groups is 1. The Morgan fingerprint density at radius 1 is 1.44 bits per heavy atom. The topological polar surface area (TPSA) is 78.9 Å². The maximum Gasteiger partial charge on any atom is 0.228 e. The van der Waals surface area contributed by atoms with Crippen LogP contribution in [0, 0.1) is 5.41 Å². The molecule has 0 bridgehead atoms. The van der Waals surface area contributed by atoms with E-state index >= 15 is 0 Å². The summed E-state index contributed by atoms with van der Waals surface area (Å²) in [7, 11) is 1.80. The van der Waals surface area contributed by atoms with E-state index in [1.165, 1.54) is 6.42 Å². The van der Waals surface area contributed by atoms with Crippen LogP contribution in [0.3, 0.4) is 0 Å². The maximum absolute atomic E-state index is 12.5. The van der Waals surface area contributed by atoms with Gasteiger partial charge in [-0.1, -0.05) is 31.3 Å². The van der Waals surface area contributed by atoms with Gasteiger partial charge in [0.25, 0.3) is 0 Å². The molecular formula is C13H25N3O2. The van der Waals surface area contributed by atoms with Gasteiger partial charge in [-0.25, -0.2) is 0 Å². The second-order valence-corrected chi connectivity index (χ2v) is 5.68. The molecule has 1 aliphatic carbocycles. The van der Waals surface area contributed by atoms with Gasteiger partial charge in [-0.15, -0.1) is 0 Å². The van der Waals surface area contributed by atoms with Crippen molar-refractivity contribution in [1.29, 1.82) is 0 Å². The van der Waals surface area contributed by atoms with Crippen molar-refractivity contribution in [3.8, 4) is 0 Å². The SMILES string of the molecule is CC(CC(N)=NO)N(C)C(=O)C1(C)CCCCC1. The van der Waals surface area contributed by atoms with E-state index in [0.717, 1.165) is 25.7 Å². The molecule has 0 aliphatic heterocycles.